The minimum atomic E-state index is -2.29. The Kier molecular flexibility index (Phi) is 6.01. The summed E-state index contributed by atoms with van der Waals surface area (Å²) in [5.41, 5.74) is -0.0476. The molecule has 4 nitrogen and oxygen atoms in total. The highest BCUT2D eigenvalue weighted by Gasteiger charge is 2.25. The molecule has 0 radical (unpaired) electrons. The van der Waals surface area contributed by atoms with Crippen LogP contribution in [-0.2, 0) is 4.79 Å². The van der Waals surface area contributed by atoms with Gasteiger partial charge in [0.1, 0.15) is 12.8 Å². The zero-order chi connectivity index (χ0) is 16.8. The zero-order valence-electron chi connectivity index (χ0n) is 12.0. The van der Waals surface area contributed by atoms with E-state index >= 15 is 0 Å². The Morgan fingerprint density at radius 1 is 1.17 bits per heavy atom. The van der Waals surface area contributed by atoms with Crippen molar-refractivity contribution >= 4 is 17.5 Å². The summed E-state index contributed by atoms with van der Waals surface area (Å²) in [7, 11) is 0. The van der Waals surface area contributed by atoms with Crippen LogP contribution in [0.15, 0.2) is 48.8 Å². The van der Waals surface area contributed by atoms with Gasteiger partial charge in [-0.05, 0) is 28.8 Å². The van der Waals surface area contributed by atoms with E-state index in [-0.39, 0.29) is 0 Å². The summed E-state index contributed by atoms with van der Waals surface area (Å²) in [5, 5.41) is 12.2. The van der Waals surface area contributed by atoms with Gasteiger partial charge in [0.25, 0.3) is 11.5 Å². The molecule has 0 fully saturated rings. The molecule has 0 saturated heterocycles. The van der Waals surface area contributed by atoms with Crippen molar-refractivity contribution in [2.75, 3.05) is 6.67 Å². The van der Waals surface area contributed by atoms with E-state index < -0.39 is 30.4 Å². The molecule has 23 heavy (non-hydrogen) atoms. The van der Waals surface area contributed by atoms with E-state index in [9.17, 15) is 18.7 Å². The molecular weight excluding hydrogens is 326 g/mol. The summed E-state index contributed by atoms with van der Waals surface area (Å²) in [4.78, 5) is 15.1. The second kappa shape index (κ2) is 7.99. The lowest BCUT2D eigenvalue weighted by atomic mass is 9.99. The molecular formula is C16H15ClF2N2O2. The number of benzene rings is 1. The predicted molar refractivity (Wildman–Crippen MR) is 83.3 cm³/mol. The van der Waals surface area contributed by atoms with Crippen LogP contribution in [0, 0.1) is 0 Å². The molecule has 122 valence electrons. The number of rotatable bonds is 6. The summed E-state index contributed by atoms with van der Waals surface area (Å²) in [5.74, 6) is -1.18. The van der Waals surface area contributed by atoms with Crippen molar-refractivity contribution in [1.29, 1.82) is 0 Å². The van der Waals surface area contributed by atoms with E-state index in [0.717, 1.165) is 11.1 Å². The monoisotopic (exact) mass is 340 g/mol. The van der Waals surface area contributed by atoms with Crippen LogP contribution in [0.1, 0.15) is 11.7 Å². The average Bonchev–Trinajstić information content (AvgIpc) is 2.59. The number of aliphatic hydroxyl groups is 1. The molecule has 2 rings (SSSR count). The van der Waals surface area contributed by atoms with Crippen LogP contribution in [0.3, 0.4) is 0 Å². The van der Waals surface area contributed by atoms with Gasteiger partial charge in [-0.2, -0.15) is 0 Å². The largest absolute Gasteiger partial charge is 0.386 e. The maximum Gasteiger partial charge on any atom is 0.270 e. The van der Waals surface area contributed by atoms with Gasteiger partial charge in [-0.25, -0.2) is 8.78 Å². The second-order valence-corrected chi connectivity index (χ2v) is 5.26. The van der Waals surface area contributed by atoms with E-state index in [1.54, 1.807) is 36.7 Å². The van der Waals surface area contributed by atoms with Gasteiger partial charge in [0, 0.05) is 12.4 Å². The lowest BCUT2D eigenvalue weighted by Gasteiger charge is -2.22. The van der Waals surface area contributed by atoms with Crippen LogP contribution < -0.4 is 5.32 Å². The number of halogens is 3. The summed E-state index contributed by atoms with van der Waals surface area (Å²) in [6.45, 7) is -1.05. The first-order valence-corrected chi connectivity index (χ1v) is 7.29. The fourth-order valence-electron chi connectivity index (χ4n) is 2.10. The standard InChI is InChI=1S/C16H15ClF2N2O2/c17-15(19)16(23)21-13(9-18)14(22)12-3-1-10(2-4-12)11-5-7-20-8-6-11/h1-8,13-15,22H,9H2,(H,21,23)/t13-,14-,15?/m1/s1. The molecule has 0 saturated carbocycles. The molecule has 2 N–H and O–H groups in total. The molecule has 1 amide bonds. The van der Waals surface area contributed by atoms with Gasteiger partial charge < -0.3 is 10.4 Å². The molecule has 0 aliphatic rings. The van der Waals surface area contributed by atoms with Crippen LogP contribution in [-0.4, -0.2) is 34.3 Å². The van der Waals surface area contributed by atoms with Crippen molar-refractivity contribution in [2.45, 2.75) is 17.8 Å². The Balaban J connectivity index is 2.12. The Labute approximate surface area is 137 Å². The van der Waals surface area contributed by atoms with Gasteiger partial charge in [0.2, 0.25) is 0 Å². The smallest absolute Gasteiger partial charge is 0.270 e. The summed E-state index contributed by atoms with van der Waals surface area (Å²) >= 11 is 4.98. The number of hydrogen-bond acceptors (Lipinski definition) is 3. The molecule has 3 atom stereocenters. The maximum atomic E-state index is 13.0. The SMILES string of the molecule is O=C(N[C@H](CF)[C@H](O)c1ccc(-c2ccncc2)cc1)C(F)Cl. The number of carbonyl (C=O) groups is 1. The summed E-state index contributed by atoms with van der Waals surface area (Å²) in [6.07, 6.45) is 2.00. The van der Waals surface area contributed by atoms with E-state index in [4.69, 9.17) is 11.6 Å². The highest BCUT2D eigenvalue weighted by molar-refractivity contribution is 6.29. The first kappa shape index (κ1) is 17.3. The molecule has 0 bridgehead atoms. The van der Waals surface area contributed by atoms with Crippen molar-refractivity contribution in [3.63, 3.8) is 0 Å². The second-order valence-electron chi connectivity index (χ2n) is 4.87. The van der Waals surface area contributed by atoms with E-state index in [1.165, 1.54) is 0 Å². The fraction of sp³-hybridized carbons (Fsp3) is 0.250. The van der Waals surface area contributed by atoms with Crippen LogP contribution in [0.4, 0.5) is 8.78 Å². The zero-order valence-corrected chi connectivity index (χ0v) is 12.8. The van der Waals surface area contributed by atoms with E-state index in [2.05, 4.69) is 4.98 Å². The highest BCUT2D eigenvalue weighted by Crippen LogP contribution is 2.23. The minimum absolute atomic E-state index is 0.399. The Bertz CT molecular complexity index is 638. The third-order valence-corrected chi connectivity index (χ3v) is 3.54. The van der Waals surface area contributed by atoms with Crippen molar-refractivity contribution in [1.82, 2.24) is 10.3 Å². The third kappa shape index (κ3) is 4.46. The molecule has 1 unspecified atom stereocenters. The van der Waals surface area contributed by atoms with Gasteiger partial charge in [-0.3, -0.25) is 9.78 Å². The number of nitrogens with one attached hydrogen (secondary N) is 1. The molecule has 1 aromatic carbocycles. The molecule has 1 heterocycles. The average molecular weight is 341 g/mol. The molecule has 7 heteroatoms. The lowest BCUT2D eigenvalue weighted by molar-refractivity contribution is -0.125. The highest BCUT2D eigenvalue weighted by atomic mass is 35.5. The number of pyridine rings is 1. The number of alkyl halides is 3. The molecule has 1 aromatic heterocycles. The van der Waals surface area contributed by atoms with Crippen molar-refractivity contribution in [3.05, 3.63) is 54.4 Å². The topological polar surface area (TPSA) is 62.2 Å². The molecule has 2 aromatic rings. The third-order valence-electron chi connectivity index (χ3n) is 3.34. The number of aliphatic hydroxyl groups excluding tert-OH is 1. The number of aromatic nitrogens is 1. The van der Waals surface area contributed by atoms with Crippen molar-refractivity contribution < 1.29 is 18.7 Å². The number of nitrogens with zero attached hydrogens (tertiary/aromatic N) is 1. The van der Waals surface area contributed by atoms with Gasteiger partial charge in [-0.15, -0.1) is 0 Å². The van der Waals surface area contributed by atoms with Crippen LogP contribution in [0.25, 0.3) is 11.1 Å². The lowest BCUT2D eigenvalue weighted by Crippen LogP contribution is -2.43. The van der Waals surface area contributed by atoms with Gasteiger partial charge in [-0.1, -0.05) is 35.9 Å². The number of carbonyl (C=O) groups excluding carboxylic acids is 1. The quantitative estimate of drug-likeness (QED) is 0.795. The summed E-state index contributed by atoms with van der Waals surface area (Å²) < 4.78 is 25.7. The van der Waals surface area contributed by atoms with Crippen LogP contribution >= 0.6 is 11.6 Å². The molecule has 0 spiro atoms. The summed E-state index contributed by atoms with van der Waals surface area (Å²) in [6, 6.07) is 9.13. The van der Waals surface area contributed by atoms with Gasteiger partial charge in [0.05, 0.1) is 6.04 Å². The normalized spacial score (nSPS) is 14.8. The van der Waals surface area contributed by atoms with Crippen LogP contribution in [0.5, 0.6) is 0 Å². The Morgan fingerprint density at radius 2 is 1.74 bits per heavy atom. The Morgan fingerprint density at radius 3 is 2.26 bits per heavy atom. The fourth-order valence-corrected chi connectivity index (χ4v) is 2.16. The first-order valence-electron chi connectivity index (χ1n) is 6.86. The number of hydrogen-bond donors (Lipinski definition) is 2. The van der Waals surface area contributed by atoms with E-state index in [1.807, 2.05) is 17.4 Å². The first-order chi connectivity index (χ1) is 11.0. The van der Waals surface area contributed by atoms with Gasteiger partial charge >= 0.3 is 0 Å². The number of amides is 1. The molecule has 0 aliphatic carbocycles. The Hall–Kier alpha value is -2.05. The predicted octanol–water partition coefficient (Wildman–Crippen LogP) is 2.77. The van der Waals surface area contributed by atoms with Crippen LogP contribution in [0.2, 0.25) is 0 Å². The maximum absolute atomic E-state index is 13.0. The molecule has 0 aliphatic heterocycles. The van der Waals surface area contributed by atoms with Crippen molar-refractivity contribution in [2.24, 2.45) is 0 Å². The minimum Gasteiger partial charge on any atom is -0.386 e. The van der Waals surface area contributed by atoms with Gasteiger partial charge in [0.15, 0.2) is 0 Å². The van der Waals surface area contributed by atoms with Crippen molar-refractivity contribution in [3.8, 4) is 11.1 Å². The van der Waals surface area contributed by atoms with E-state index in [0.29, 0.717) is 5.56 Å².